The molecule has 0 spiro atoms. The lowest BCUT2D eigenvalue weighted by Crippen LogP contribution is -2.14. The van der Waals surface area contributed by atoms with Crippen molar-refractivity contribution in [2.45, 2.75) is 26.0 Å². The van der Waals surface area contributed by atoms with Gasteiger partial charge in [0.2, 0.25) is 0 Å². The highest BCUT2D eigenvalue weighted by Crippen LogP contribution is 2.27. The molecule has 7 heteroatoms. The third-order valence-corrected chi connectivity index (χ3v) is 4.29. The average molecular weight is 346 g/mol. The van der Waals surface area contributed by atoms with Gasteiger partial charge in [0.1, 0.15) is 6.10 Å². The molecule has 0 bridgehead atoms. The fourth-order valence-corrected chi connectivity index (χ4v) is 3.19. The Morgan fingerprint density at radius 2 is 2.37 bits per heavy atom. The molecular weight excluding hydrogens is 330 g/mol. The second kappa shape index (κ2) is 6.60. The topological polar surface area (TPSA) is 60.2 Å². The van der Waals surface area contributed by atoms with Crippen LogP contribution in [0.1, 0.15) is 22.5 Å². The third-order valence-electron chi connectivity index (χ3n) is 2.69. The zero-order valence-corrected chi connectivity index (χ0v) is 13.2. The van der Waals surface area contributed by atoms with E-state index in [1.807, 2.05) is 12.3 Å². The maximum Gasteiger partial charge on any atom is 0.103 e. The number of rotatable bonds is 6. The van der Waals surface area contributed by atoms with E-state index < -0.39 is 6.10 Å². The summed E-state index contributed by atoms with van der Waals surface area (Å²) >= 11 is 4.99. The summed E-state index contributed by atoms with van der Waals surface area (Å²) in [6.07, 6.45) is 1.57. The molecule has 1 unspecified atom stereocenters. The predicted octanol–water partition coefficient (Wildman–Crippen LogP) is 2.33. The molecule has 2 rings (SSSR count). The van der Waals surface area contributed by atoms with Gasteiger partial charge in [0.05, 0.1) is 34.5 Å². The lowest BCUT2D eigenvalue weighted by molar-refractivity contribution is 0.152. The van der Waals surface area contributed by atoms with Gasteiger partial charge in [0.25, 0.3) is 0 Å². The Balaban J connectivity index is 2.13. The van der Waals surface area contributed by atoms with Gasteiger partial charge in [-0.3, -0.25) is 4.68 Å². The first-order chi connectivity index (χ1) is 9.11. The van der Waals surface area contributed by atoms with Crippen LogP contribution in [0.4, 0.5) is 0 Å². The predicted molar refractivity (Wildman–Crippen MR) is 77.3 cm³/mol. The van der Waals surface area contributed by atoms with Crippen molar-refractivity contribution < 1.29 is 9.84 Å². The summed E-state index contributed by atoms with van der Waals surface area (Å²) in [6.45, 7) is 3.13. The van der Waals surface area contributed by atoms with Gasteiger partial charge in [-0.25, -0.2) is 4.98 Å². The van der Waals surface area contributed by atoms with Gasteiger partial charge in [-0.1, -0.05) is 0 Å². The van der Waals surface area contributed by atoms with Crippen LogP contribution in [0.25, 0.3) is 0 Å². The first-order valence-electron chi connectivity index (χ1n) is 5.91. The fraction of sp³-hybridized carbons (Fsp3) is 0.500. The zero-order chi connectivity index (χ0) is 13.8. The Morgan fingerprint density at radius 3 is 3.00 bits per heavy atom. The van der Waals surface area contributed by atoms with Crippen molar-refractivity contribution in [1.29, 1.82) is 0 Å². The molecule has 0 saturated heterocycles. The van der Waals surface area contributed by atoms with Crippen molar-refractivity contribution in [2.75, 3.05) is 13.7 Å². The van der Waals surface area contributed by atoms with E-state index in [0.717, 1.165) is 20.9 Å². The lowest BCUT2D eigenvalue weighted by atomic mass is 10.2. The number of hydrogen-bond donors (Lipinski definition) is 1. The standard InChI is InChI=1S/C12H16BrN3O2S/c1-8-7-19-11(15-8)5-10(17)12-9(13)6-14-16(12)3-4-18-2/h6-7,10,17H,3-5H2,1-2H3. The van der Waals surface area contributed by atoms with Crippen LogP contribution in [0, 0.1) is 6.92 Å². The minimum Gasteiger partial charge on any atom is -0.386 e. The molecule has 0 amide bonds. The van der Waals surface area contributed by atoms with Crippen molar-refractivity contribution in [1.82, 2.24) is 14.8 Å². The molecule has 0 aliphatic heterocycles. The molecular formula is C12H16BrN3O2S. The smallest absolute Gasteiger partial charge is 0.103 e. The number of aliphatic hydroxyl groups excluding tert-OH is 1. The fourth-order valence-electron chi connectivity index (χ4n) is 1.82. The molecule has 1 N–H and O–H groups in total. The molecule has 0 radical (unpaired) electrons. The minimum atomic E-state index is -0.626. The van der Waals surface area contributed by atoms with Gasteiger partial charge < -0.3 is 9.84 Å². The quantitative estimate of drug-likeness (QED) is 0.872. The SMILES string of the molecule is COCCn1ncc(Br)c1C(O)Cc1nc(C)cs1. The molecule has 19 heavy (non-hydrogen) atoms. The van der Waals surface area contributed by atoms with Crippen molar-refractivity contribution in [3.63, 3.8) is 0 Å². The average Bonchev–Trinajstić information content (AvgIpc) is 2.93. The van der Waals surface area contributed by atoms with Crippen LogP contribution < -0.4 is 0 Å². The van der Waals surface area contributed by atoms with Crippen molar-refractivity contribution >= 4 is 27.3 Å². The minimum absolute atomic E-state index is 0.496. The second-order valence-electron chi connectivity index (χ2n) is 4.20. The van der Waals surface area contributed by atoms with Crippen LogP contribution in [0.15, 0.2) is 16.0 Å². The molecule has 0 aliphatic rings. The van der Waals surface area contributed by atoms with E-state index in [0.29, 0.717) is 19.6 Å². The molecule has 104 valence electrons. The molecule has 1 atom stereocenters. The first-order valence-corrected chi connectivity index (χ1v) is 7.58. The molecule has 0 saturated carbocycles. The maximum atomic E-state index is 10.4. The van der Waals surface area contributed by atoms with E-state index in [1.165, 1.54) is 0 Å². The van der Waals surface area contributed by atoms with E-state index in [2.05, 4.69) is 26.0 Å². The Kier molecular flexibility index (Phi) is 5.09. The molecule has 2 aromatic heterocycles. The number of ether oxygens (including phenoxy) is 1. The largest absolute Gasteiger partial charge is 0.386 e. The summed E-state index contributed by atoms with van der Waals surface area (Å²) in [5, 5.41) is 17.5. The molecule has 0 aromatic carbocycles. The number of aryl methyl sites for hydroxylation is 1. The maximum absolute atomic E-state index is 10.4. The summed E-state index contributed by atoms with van der Waals surface area (Å²) in [6, 6.07) is 0. The van der Waals surface area contributed by atoms with E-state index in [-0.39, 0.29) is 0 Å². The molecule has 0 aliphatic carbocycles. The number of halogens is 1. The highest BCUT2D eigenvalue weighted by atomic mass is 79.9. The monoisotopic (exact) mass is 345 g/mol. The number of methoxy groups -OCH3 is 1. The van der Waals surface area contributed by atoms with Gasteiger partial charge in [-0.05, 0) is 22.9 Å². The number of aromatic nitrogens is 3. The number of hydrogen-bond acceptors (Lipinski definition) is 5. The summed E-state index contributed by atoms with van der Waals surface area (Å²) in [7, 11) is 1.65. The van der Waals surface area contributed by atoms with E-state index in [9.17, 15) is 5.11 Å². The molecule has 2 aromatic rings. The number of nitrogens with zero attached hydrogens (tertiary/aromatic N) is 3. The van der Waals surface area contributed by atoms with Crippen molar-refractivity contribution in [2.24, 2.45) is 0 Å². The zero-order valence-electron chi connectivity index (χ0n) is 10.8. The second-order valence-corrected chi connectivity index (χ2v) is 5.99. The van der Waals surface area contributed by atoms with Gasteiger partial charge in [0, 0.05) is 24.6 Å². The summed E-state index contributed by atoms with van der Waals surface area (Å²) < 4.78 is 7.62. The first kappa shape index (κ1) is 14.6. The molecule has 0 fully saturated rings. The van der Waals surface area contributed by atoms with Crippen LogP contribution in [0.5, 0.6) is 0 Å². The van der Waals surface area contributed by atoms with E-state index in [4.69, 9.17) is 4.74 Å². The van der Waals surface area contributed by atoms with Crippen LogP contribution in [-0.4, -0.2) is 33.6 Å². The highest BCUT2D eigenvalue weighted by molar-refractivity contribution is 9.10. The van der Waals surface area contributed by atoms with Crippen molar-refractivity contribution in [3.05, 3.63) is 32.4 Å². The molecule has 2 heterocycles. The summed E-state index contributed by atoms with van der Waals surface area (Å²) in [5.74, 6) is 0. The van der Waals surface area contributed by atoms with Crippen molar-refractivity contribution in [3.8, 4) is 0 Å². The summed E-state index contributed by atoms with van der Waals surface area (Å²) in [5.41, 5.74) is 1.75. The van der Waals surface area contributed by atoms with Gasteiger partial charge in [0.15, 0.2) is 0 Å². The summed E-state index contributed by atoms with van der Waals surface area (Å²) in [4.78, 5) is 4.37. The highest BCUT2D eigenvalue weighted by Gasteiger charge is 2.19. The Morgan fingerprint density at radius 1 is 1.58 bits per heavy atom. The van der Waals surface area contributed by atoms with Crippen LogP contribution in [0.3, 0.4) is 0 Å². The van der Waals surface area contributed by atoms with Crippen LogP contribution in [-0.2, 0) is 17.7 Å². The normalized spacial score (nSPS) is 12.8. The van der Waals surface area contributed by atoms with Gasteiger partial charge in [-0.15, -0.1) is 11.3 Å². The third kappa shape index (κ3) is 3.62. The Labute approximate surface area is 124 Å². The Hall–Kier alpha value is -0.760. The number of aliphatic hydroxyl groups is 1. The number of thiazole rings is 1. The molecule has 5 nitrogen and oxygen atoms in total. The Bertz CT molecular complexity index is 541. The van der Waals surface area contributed by atoms with Gasteiger partial charge >= 0.3 is 0 Å². The lowest BCUT2D eigenvalue weighted by Gasteiger charge is -2.13. The van der Waals surface area contributed by atoms with Crippen LogP contribution >= 0.6 is 27.3 Å². The van der Waals surface area contributed by atoms with E-state index >= 15 is 0 Å². The van der Waals surface area contributed by atoms with Gasteiger partial charge in [-0.2, -0.15) is 5.10 Å². The van der Waals surface area contributed by atoms with E-state index in [1.54, 1.807) is 29.3 Å². The van der Waals surface area contributed by atoms with Crippen LogP contribution in [0.2, 0.25) is 0 Å².